The molecule has 154 valence electrons. The molecule has 1 aliphatic rings. The lowest BCUT2D eigenvalue weighted by Crippen LogP contribution is -2.39. The largest absolute Gasteiger partial charge is 0.391 e. The molecule has 3 aromatic rings. The van der Waals surface area contributed by atoms with Gasteiger partial charge in [-0.3, -0.25) is 10.1 Å². The first-order valence-corrected chi connectivity index (χ1v) is 9.95. The molecule has 4 rings (SSSR count). The van der Waals surface area contributed by atoms with Crippen LogP contribution in [0.1, 0.15) is 33.8 Å². The number of amides is 1. The highest BCUT2D eigenvalue weighted by molar-refractivity contribution is 7.15. The number of carbonyl (C=O) groups excluding carboxylic acids is 1. The van der Waals surface area contributed by atoms with Crippen LogP contribution in [0.2, 0.25) is 0 Å². The Balaban J connectivity index is 1.54. The summed E-state index contributed by atoms with van der Waals surface area (Å²) in [5, 5.41) is 7.39. The summed E-state index contributed by atoms with van der Waals surface area (Å²) < 4.78 is 40.1. The molecule has 1 fully saturated rings. The number of hydrogen-bond donors (Lipinski definition) is 1. The van der Waals surface area contributed by atoms with Gasteiger partial charge in [0.15, 0.2) is 10.8 Å². The van der Waals surface area contributed by atoms with Crippen LogP contribution in [0.15, 0.2) is 18.5 Å². The molecule has 0 aliphatic carbocycles. The van der Waals surface area contributed by atoms with Gasteiger partial charge in [-0.1, -0.05) is 0 Å². The highest BCUT2D eigenvalue weighted by atomic mass is 32.1. The first kappa shape index (κ1) is 19.6. The van der Waals surface area contributed by atoms with Crippen molar-refractivity contribution in [2.45, 2.75) is 32.9 Å². The molecule has 0 aromatic carbocycles. The van der Waals surface area contributed by atoms with Crippen LogP contribution < -0.4 is 10.2 Å². The van der Waals surface area contributed by atoms with E-state index in [9.17, 15) is 18.0 Å². The number of nitrogens with zero attached hydrogens (tertiary/aromatic N) is 5. The Morgan fingerprint density at radius 2 is 1.97 bits per heavy atom. The van der Waals surface area contributed by atoms with E-state index in [0.29, 0.717) is 16.6 Å². The topological polar surface area (TPSA) is 75.4 Å². The summed E-state index contributed by atoms with van der Waals surface area (Å²) in [6.45, 7) is 4.32. The molecule has 4 heterocycles. The number of hydrogen-bond acceptors (Lipinski definition) is 6. The van der Waals surface area contributed by atoms with Crippen molar-refractivity contribution in [3.05, 3.63) is 34.6 Å². The number of halogens is 3. The van der Waals surface area contributed by atoms with Gasteiger partial charge in [0.1, 0.15) is 11.4 Å². The van der Waals surface area contributed by atoms with E-state index in [4.69, 9.17) is 0 Å². The number of fused-ring (bicyclic) bond motifs is 1. The number of rotatable bonds is 3. The molecule has 1 saturated heterocycles. The number of nitrogens with one attached hydrogen (secondary N) is 1. The van der Waals surface area contributed by atoms with E-state index in [1.165, 1.54) is 22.0 Å². The Hall–Kier alpha value is -2.69. The van der Waals surface area contributed by atoms with Crippen LogP contribution in [-0.4, -0.2) is 44.8 Å². The number of anilines is 2. The zero-order chi connectivity index (χ0) is 20.8. The molecular formula is C18H19F3N6OS. The molecule has 1 aliphatic heterocycles. The van der Waals surface area contributed by atoms with Crippen molar-refractivity contribution < 1.29 is 18.0 Å². The van der Waals surface area contributed by atoms with E-state index in [1.807, 2.05) is 18.7 Å². The summed E-state index contributed by atoms with van der Waals surface area (Å²) in [5.41, 5.74) is 1.48. The minimum absolute atomic E-state index is 0.0334. The highest BCUT2D eigenvalue weighted by Crippen LogP contribution is 2.35. The van der Waals surface area contributed by atoms with Crippen molar-refractivity contribution in [2.24, 2.45) is 5.92 Å². The fourth-order valence-electron chi connectivity index (χ4n) is 3.32. The maximum atomic E-state index is 12.9. The Kier molecular flexibility index (Phi) is 4.93. The number of aromatic nitrogens is 4. The molecule has 29 heavy (non-hydrogen) atoms. The van der Waals surface area contributed by atoms with Crippen molar-refractivity contribution in [2.75, 3.05) is 23.3 Å². The molecule has 11 heteroatoms. The third-order valence-corrected chi connectivity index (χ3v) is 6.12. The monoisotopic (exact) mass is 424 g/mol. The van der Waals surface area contributed by atoms with Gasteiger partial charge in [0.25, 0.3) is 5.91 Å². The molecular weight excluding hydrogens is 405 g/mol. The van der Waals surface area contributed by atoms with Gasteiger partial charge in [0.2, 0.25) is 0 Å². The van der Waals surface area contributed by atoms with Crippen LogP contribution in [0.3, 0.4) is 0 Å². The van der Waals surface area contributed by atoms with E-state index in [-0.39, 0.29) is 37.4 Å². The van der Waals surface area contributed by atoms with Crippen LogP contribution in [0.4, 0.5) is 24.1 Å². The summed E-state index contributed by atoms with van der Waals surface area (Å²) in [7, 11) is 0. The van der Waals surface area contributed by atoms with Gasteiger partial charge in [-0.15, -0.1) is 11.3 Å². The second-order valence-electron chi connectivity index (χ2n) is 7.03. The van der Waals surface area contributed by atoms with E-state index in [0.717, 1.165) is 10.6 Å². The number of thiazole rings is 1. The maximum absolute atomic E-state index is 12.9. The SMILES string of the molecule is Cc1nc(NC(=O)c2cnn3ccc(N4CCC(C(F)(F)F)CC4)nc23)sc1C. The van der Waals surface area contributed by atoms with Crippen LogP contribution in [-0.2, 0) is 0 Å². The second-order valence-corrected chi connectivity index (χ2v) is 8.23. The average Bonchev–Trinajstić information content (AvgIpc) is 3.23. The molecule has 0 atom stereocenters. The van der Waals surface area contributed by atoms with Crippen LogP contribution in [0.25, 0.3) is 5.65 Å². The average molecular weight is 424 g/mol. The molecule has 0 spiro atoms. The Labute approximate surface area is 168 Å². The van der Waals surface area contributed by atoms with Gasteiger partial charge in [-0.2, -0.15) is 18.3 Å². The number of aryl methyl sites for hydroxylation is 2. The molecule has 1 amide bonds. The van der Waals surface area contributed by atoms with Gasteiger partial charge >= 0.3 is 6.18 Å². The van der Waals surface area contributed by atoms with Crippen molar-refractivity contribution in [3.8, 4) is 0 Å². The smallest absolute Gasteiger partial charge is 0.356 e. The van der Waals surface area contributed by atoms with Crippen LogP contribution >= 0.6 is 11.3 Å². The van der Waals surface area contributed by atoms with E-state index >= 15 is 0 Å². The fraction of sp³-hybridized carbons (Fsp3) is 0.444. The van der Waals surface area contributed by atoms with Gasteiger partial charge in [0.05, 0.1) is 17.8 Å². The fourth-order valence-corrected chi connectivity index (χ4v) is 4.13. The molecule has 3 aromatic heterocycles. The molecule has 0 unspecified atom stereocenters. The second kappa shape index (κ2) is 7.29. The summed E-state index contributed by atoms with van der Waals surface area (Å²) in [4.78, 5) is 24.3. The van der Waals surface area contributed by atoms with Crippen molar-refractivity contribution >= 4 is 33.8 Å². The standard InChI is InChI=1S/C18H19F3N6OS/c1-10-11(2)29-17(23-10)25-16(28)13-9-22-27-8-5-14(24-15(13)27)26-6-3-12(4-7-26)18(19,20)21/h5,8-9,12H,3-4,6-7H2,1-2H3,(H,23,25,28). The zero-order valence-corrected chi connectivity index (χ0v) is 16.6. The summed E-state index contributed by atoms with van der Waals surface area (Å²) >= 11 is 1.38. The van der Waals surface area contributed by atoms with Crippen molar-refractivity contribution in [1.82, 2.24) is 19.6 Å². The summed E-state index contributed by atoms with van der Waals surface area (Å²) in [6, 6.07) is 1.70. The lowest BCUT2D eigenvalue weighted by atomic mass is 9.96. The predicted molar refractivity (Wildman–Crippen MR) is 104 cm³/mol. The normalized spacial score (nSPS) is 15.8. The minimum atomic E-state index is -4.16. The Morgan fingerprint density at radius 3 is 2.59 bits per heavy atom. The Bertz CT molecular complexity index is 1030. The first-order valence-electron chi connectivity index (χ1n) is 9.14. The van der Waals surface area contributed by atoms with Crippen molar-refractivity contribution in [3.63, 3.8) is 0 Å². The minimum Gasteiger partial charge on any atom is -0.356 e. The lowest BCUT2D eigenvalue weighted by Gasteiger charge is -2.33. The molecule has 0 radical (unpaired) electrons. The van der Waals surface area contributed by atoms with Gasteiger partial charge in [0, 0.05) is 24.2 Å². The van der Waals surface area contributed by atoms with E-state index in [2.05, 4.69) is 20.4 Å². The molecule has 0 bridgehead atoms. The summed E-state index contributed by atoms with van der Waals surface area (Å²) in [5.74, 6) is -1.12. The van der Waals surface area contributed by atoms with Gasteiger partial charge in [-0.05, 0) is 32.8 Å². The number of alkyl halides is 3. The first-order chi connectivity index (χ1) is 13.7. The van der Waals surface area contributed by atoms with E-state index in [1.54, 1.807) is 12.3 Å². The molecule has 7 nitrogen and oxygen atoms in total. The van der Waals surface area contributed by atoms with E-state index < -0.39 is 12.1 Å². The molecule has 1 N–H and O–H groups in total. The lowest BCUT2D eigenvalue weighted by molar-refractivity contribution is -0.179. The van der Waals surface area contributed by atoms with Crippen LogP contribution in [0, 0.1) is 19.8 Å². The van der Waals surface area contributed by atoms with Gasteiger partial charge < -0.3 is 4.90 Å². The summed E-state index contributed by atoms with van der Waals surface area (Å²) in [6.07, 6.45) is -1.02. The van der Waals surface area contributed by atoms with Crippen LogP contribution in [0.5, 0.6) is 0 Å². The van der Waals surface area contributed by atoms with Crippen molar-refractivity contribution in [1.29, 1.82) is 0 Å². The highest BCUT2D eigenvalue weighted by Gasteiger charge is 2.41. The Morgan fingerprint density at radius 1 is 1.24 bits per heavy atom. The predicted octanol–water partition coefficient (Wildman–Crippen LogP) is 3.83. The van der Waals surface area contributed by atoms with Gasteiger partial charge in [-0.25, -0.2) is 14.5 Å². The third-order valence-electron chi connectivity index (χ3n) is 5.13. The third kappa shape index (κ3) is 3.91. The quantitative estimate of drug-likeness (QED) is 0.692. The zero-order valence-electron chi connectivity index (χ0n) is 15.8. The maximum Gasteiger partial charge on any atom is 0.391 e. The number of carbonyl (C=O) groups is 1. The number of piperidine rings is 1. The molecule has 0 saturated carbocycles.